The number of halogens is 1. The number of H-pyrrole nitrogens is 1. The molecule has 1 aliphatic rings. The SMILES string of the molecule is O=C(CCN1C(=O)/C(=C/c2cccc(F)c2)SC1=S)NCCc1cnc[nH]1. The Morgan fingerprint density at radius 1 is 1.44 bits per heavy atom. The molecule has 2 aromatic rings. The summed E-state index contributed by atoms with van der Waals surface area (Å²) in [5.41, 5.74) is 1.53. The Bertz CT molecular complexity index is 883. The molecule has 0 bridgehead atoms. The summed E-state index contributed by atoms with van der Waals surface area (Å²) in [6.07, 6.45) is 5.71. The first-order valence-corrected chi connectivity index (χ1v) is 9.50. The van der Waals surface area contributed by atoms with Crippen molar-refractivity contribution in [3.63, 3.8) is 0 Å². The van der Waals surface area contributed by atoms with Crippen LogP contribution in [0.1, 0.15) is 17.7 Å². The molecule has 0 aliphatic carbocycles. The summed E-state index contributed by atoms with van der Waals surface area (Å²) < 4.78 is 13.7. The summed E-state index contributed by atoms with van der Waals surface area (Å²) in [6, 6.07) is 5.98. The third-order valence-electron chi connectivity index (χ3n) is 3.85. The van der Waals surface area contributed by atoms with Crippen LogP contribution < -0.4 is 5.32 Å². The van der Waals surface area contributed by atoms with E-state index in [1.54, 1.807) is 30.7 Å². The number of aromatic amines is 1. The zero-order valence-corrected chi connectivity index (χ0v) is 15.9. The second-order valence-corrected chi connectivity index (χ2v) is 7.49. The second kappa shape index (κ2) is 8.92. The molecule has 9 heteroatoms. The van der Waals surface area contributed by atoms with Crippen LogP contribution in [0.5, 0.6) is 0 Å². The first kappa shape index (κ1) is 19.2. The molecule has 3 rings (SSSR count). The third-order valence-corrected chi connectivity index (χ3v) is 5.23. The maximum atomic E-state index is 13.3. The maximum absolute atomic E-state index is 13.3. The fourth-order valence-electron chi connectivity index (χ4n) is 2.50. The van der Waals surface area contributed by atoms with Gasteiger partial charge in [0, 0.05) is 37.8 Å². The lowest BCUT2D eigenvalue weighted by Gasteiger charge is -2.14. The molecule has 1 aromatic heterocycles. The number of benzene rings is 1. The van der Waals surface area contributed by atoms with Crippen molar-refractivity contribution in [2.24, 2.45) is 0 Å². The van der Waals surface area contributed by atoms with Crippen molar-refractivity contribution in [1.29, 1.82) is 0 Å². The third kappa shape index (κ3) is 5.24. The molecule has 0 unspecified atom stereocenters. The Balaban J connectivity index is 1.50. The molecule has 1 aliphatic heterocycles. The van der Waals surface area contributed by atoms with Gasteiger partial charge in [0.05, 0.1) is 11.2 Å². The summed E-state index contributed by atoms with van der Waals surface area (Å²) in [4.78, 5) is 33.2. The van der Waals surface area contributed by atoms with Crippen LogP contribution in [0.2, 0.25) is 0 Å². The van der Waals surface area contributed by atoms with E-state index in [1.807, 2.05) is 0 Å². The van der Waals surface area contributed by atoms with Crippen LogP contribution in [0.3, 0.4) is 0 Å². The fraction of sp³-hybridized carbons (Fsp3) is 0.222. The van der Waals surface area contributed by atoms with Crippen LogP contribution in [0.4, 0.5) is 4.39 Å². The zero-order valence-electron chi connectivity index (χ0n) is 14.3. The molecule has 1 aromatic carbocycles. The van der Waals surface area contributed by atoms with E-state index >= 15 is 0 Å². The highest BCUT2D eigenvalue weighted by molar-refractivity contribution is 8.26. The summed E-state index contributed by atoms with van der Waals surface area (Å²) in [5, 5.41) is 2.80. The summed E-state index contributed by atoms with van der Waals surface area (Å²) in [7, 11) is 0. The van der Waals surface area contributed by atoms with Gasteiger partial charge in [-0.25, -0.2) is 9.37 Å². The number of nitrogens with one attached hydrogen (secondary N) is 2. The van der Waals surface area contributed by atoms with E-state index in [0.29, 0.717) is 27.8 Å². The van der Waals surface area contributed by atoms with E-state index < -0.39 is 0 Å². The number of amides is 2. The molecule has 0 atom stereocenters. The Morgan fingerprint density at radius 2 is 2.30 bits per heavy atom. The minimum Gasteiger partial charge on any atom is -0.356 e. The van der Waals surface area contributed by atoms with Gasteiger partial charge in [-0.05, 0) is 23.8 Å². The predicted molar refractivity (Wildman–Crippen MR) is 106 cm³/mol. The Labute approximate surface area is 165 Å². The number of imidazole rings is 1. The molecule has 27 heavy (non-hydrogen) atoms. The van der Waals surface area contributed by atoms with Crippen LogP contribution in [-0.4, -0.2) is 44.1 Å². The molecule has 1 fully saturated rings. The van der Waals surface area contributed by atoms with Gasteiger partial charge in [0.25, 0.3) is 5.91 Å². The number of nitrogens with zero attached hydrogens (tertiary/aromatic N) is 2. The standard InChI is InChI=1S/C18H17FN4O2S2/c19-13-3-1-2-12(8-13)9-15-17(25)23(18(26)27-15)7-5-16(24)21-6-4-14-10-20-11-22-14/h1-3,8-11H,4-7H2,(H,20,22)(H,21,24)/b15-9-. The molecule has 0 spiro atoms. The molecule has 2 N–H and O–H groups in total. The first-order chi connectivity index (χ1) is 13.0. The number of hydrogen-bond acceptors (Lipinski definition) is 5. The Kier molecular flexibility index (Phi) is 6.36. The van der Waals surface area contributed by atoms with E-state index in [2.05, 4.69) is 15.3 Å². The highest BCUT2D eigenvalue weighted by atomic mass is 32.2. The van der Waals surface area contributed by atoms with Crippen molar-refractivity contribution in [3.05, 3.63) is 58.8 Å². The highest BCUT2D eigenvalue weighted by Crippen LogP contribution is 2.32. The van der Waals surface area contributed by atoms with Crippen LogP contribution in [-0.2, 0) is 16.0 Å². The van der Waals surface area contributed by atoms with Gasteiger partial charge in [0.1, 0.15) is 10.1 Å². The lowest BCUT2D eigenvalue weighted by molar-refractivity contribution is -0.123. The van der Waals surface area contributed by atoms with E-state index in [4.69, 9.17) is 12.2 Å². The van der Waals surface area contributed by atoms with E-state index in [-0.39, 0.29) is 30.6 Å². The van der Waals surface area contributed by atoms with Gasteiger partial charge in [0.15, 0.2) is 0 Å². The minimum absolute atomic E-state index is 0.155. The Hall–Kier alpha value is -2.52. The topological polar surface area (TPSA) is 78.1 Å². The number of hydrogen-bond donors (Lipinski definition) is 2. The Morgan fingerprint density at radius 3 is 3.04 bits per heavy atom. The molecule has 0 radical (unpaired) electrons. The van der Waals surface area contributed by atoms with Crippen molar-refractivity contribution < 1.29 is 14.0 Å². The van der Waals surface area contributed by atoms with Crippen LogP contribution in [0, 0.1) is 5.82 Å². The molecule has 6 nitrogen and oxygen atoms in total. The van der Waals surface area contributed by atoms with E-state index in [9.17, 15) is 14.0 Å². The first-order valence-electron chi connectivity index (χ1n) is 8.28. The lowest BCUT2D eigenvalue weighted by atomic mass is 10.2. The molecule has 1 saturated heterocycles. The molecular weight excluding hydrogens is 387 g/mol. The molecular formula is C18H17FN4O2S2. The quantitative estimate of drug-likeness (QED) is 0.548. The zero-order chi connectivity index (χ0) is 19.2. The van der Waals surface area contributed by atoms with Crippen molar-refractivity contribution in [2.45, 2.75) is 12.8 Å². The molecule has 0 saturated carbocycles. The second-order valence-electron chi connectivity index (χ2n) is 5.82. The van der Waals surface area contributed by atoms with Gasteiger partial charge in [-0.2, -0.15) is 0 Å². The number of thioether (sulfide) groups is 1. The largest absolute Gasteiger partial charge is 0.356 e. The smallest absolute Gasteiger partial charge is 0.266 e. The van der Waals surface area contributed by atoms with Crippen molar-refractivity contribution in [2.75, 3.05) is 13.1 Å². The highest BCUT2D eigenvalue weighted by Gasteiger charge is 2.32. The summed E-state index contributed by atoms with van der Waals surface area (Å²) in [6.45, 7) is 0.694. The number of thiocarbonyl (C=S) groups is 1. The summed E-state index contributed by atoms with van der Waals surface area (Å²) >= 11 is 6.39. The summed E-state index contributed by atoms with van der Waals surface area (Å²) in [5.74, 6) is -0.789. The minimum atomic E-state index is -0.369. The van der Waals surface area contributed by atoms with Crippen molar-refractivity contribution >= 4 is 46.2 Å². The van der Waals surface area contributed by atoms with Gasteiger partial charge in [-0.15, -0.1) is 0 Å². The van der Waals surface area contributed by atoms with Crippen LogP contribution in [0.25, 0.3) is 6.08 Å². The van der Waals surface area contributed by atoms with Crippen molar-refractivity contribution in [1.82, 2.24) is 20.2 Å². The number of rotatable bonds is 7. The van der Waals surface area contributed by atoms with E-state index in [0.717, 1.165) is 17.5 Å². The van der Waals surface area contributed by atoms with Gasteiger partial charge < -0.3 is 10.3 Å². The molecule has 140 valence electrons. The van der Waals surface area contributed by atoms with E-state index in [1.165, 1.54) is 17.0 Å². The average molecular weight is 404 g/mol. The monoisotopic (exact) mass is 404 g/mol. The number of carbonyl (C=O) groups is 2. The van der Waals surface area contributed by atoms with Gasteiger partial charge in [-0.1, -0.05) is 36.1 Å². The fourth-order valence-corrected chi connectivity index (χ4v) is 3.81. The number of aromatic nitrogens is 2. The average Bonchev–Trinajstić information content (AvgIpc) is 3.23. The predicted octanol–water partition coefficient (Wildman–Crippen LogP) is 2.50. The van der Waals surface area contributed by atoms with Crippen LogP contribution in [0.15, 0.2) is 41.7 Å². The number of carbonyl (C=O) groups excluding carboxylic acids is 2. The van der Waals surface area contributed by atoms with Crippen molar-refractivity contribution in [3.8, 4) is 0 Å². The van der Waals surface area contributed by atoms with Gasteiger partial charge >= 0.3 is 0 Å². The van der Waals surface area contributed by atoms with Crippen LogP contribution >= 0.6 is 24.0 Å². The maximum Gasteiger partial charge on any atom is 0.266 e. The van der Waals surface area contributed by atoms with Gasteiger partial charge in [0.2, 0.25) is 5.91 Å². The molecule has 2 amide bonds. The normalized spacial score (nSPS) is 15.6. The lowest BCUT2D eigenvalue weighted by Crippen LogP contribution is -2.34. The molecule has 2 heterocycles. The van der Waals surface area contributed by atoms with Gasteiger partial charge in [-0.3, -0.25) is 14.5 Å².